The van der Waals surface area contributed by atoms with Crippen molar-refractivity contribution in [2.45, 2.75) is 69.4 Å². The predicted octanol–water partition coefficient (Wildman–Crippen LogP) is -2.18. The molecule has 334 valence electrons. The van der Waals surface area contributed by atoms with Crippen LogP contribution in [0.5, 0.6) is 0 Å². The molecule has 2 aromatic heterocycles. The fourth-order valence-electron chi connectivity index (χ4n) is 5.07. The number of aliphatic hydroxyl groups excluding tert-OH is 2. The van der Waals surface area contributed by atoms with Gasteiger partial charge in [0.25, 0.3) is 0 Å². The predicted molar refractivity (Wildman–Crippen MR) is 196 cm³/mol. The Bertz CT molecular complexity index is 1970. The van der Waals surface area contributed by atoms with Crippen molar-refractivity contribution >= 4 is 76.0 Å². The molecule has 59 heavy (non-hydrogen) atoms. The number of phosphoric acid groups is 3. The Kier molecular flexibility index (Phi) is 17.5. The Morgan fingerprint density at radius 1 is 1.02 bits per heavy atom. The summed E-state index contributed by atoms with van der Waals surface area (Å²) in [5.41, 5.74) is 1.73. The normalized spacial score (nSPS) is 22.2. The number of hydrogen-bond acceptors (Lipinski definition) is 20. The van der Waals surface area contributed by atoms with Gasteiger partial charge in [0, 0.05) is 30.7 Å². The molecular weight excluding hydrogens is 883 g/mol. The summed E-state index contributed by atoms with van der Waals surface area (Å²) in [5, 5.41) is 54.0. The minimum absolute atomic E-state index is 0.0117. The monoisotopic (exact) mass is 927 g/mol. The van der Waals surface area contributed by atoms with Gasteiger partial charge in [0.2, 0.25) is 11.8 Å². The maximum Gasteiger partial charge on any atom is 0.481 e. The Morgan fingerprint density at radius 3 is 2.31 bits per heavy atom. The summed E-state index contributed by atoms with van der Waals surface area (Å²) in [6.07, 6.45) is -8.53. The first kappa shape index (κ1) is 50.1. The molecule has 1 aliphatic rings. The van der Waals surface area contributed by atoms with Crippen LogP contribution in [-0.2, 0) is 55.5 Å². The maximum absolute atomic E-state index is 12.7. The highest BCUT2D eigenvalue weighted by atomic mass is 32.2. The number of nitrogens with zero attached hydrogens (tertiary/aromatic N) is 4. The number of anilines is 1. The minimum atomic E-state index is -5.61. The van der Waals surface area contributed by atoms with Crippen molar-refractivity contribution in [2.24, 2.45) is 5.41 Å². The number of nitrogens with two attached hydrogens (primary N) is 1. The molecule has 2 amide bonds. The molecule has 13 N–H and O–H groups in total. The number of nitrogens with one attached hydrogen (secondary N) is 2. The lowest BCUT2D eigenvalue weighted by molar-refractivity contribution is -0.165. The van der Waals surface area contributed by atoms with Crippen LogP contribution in [0.25, 0.3) is 11.2 Å². The van der Waals surface area contributed by atoms with Crippen molar-refractivity contribution in [1.82, 2.24) is 30.2 Å². The van der Waals surface area contributed by atoms with E-state index in [0.29, 0.717) is 0 Å². The molecule has 3 rings (SSSR count). The summed E-state index contributed by atoms with van der Waals surface area (Å²) in [7, 11) is -16.5. The number of aromatic nitrogens is 4. The lowest BCUT2D eigenvalue weighted by atomic mass is 9.87. The van der Waals surface area contributed by atoms with Crippen molar-refractivity contribution in [3.63, 3.8) is 0 Å². The van der Waals surface area contributed by atoms with Crippen molar-refractivity contribution in [3.8, 4) is 0 Å². The molecule has 8 atom stereocenters. The van der Waals surface area contributed by atoms with E-state index in [1.54, 1.807) is 0 Å². The maximum atomic E-state index is 12.7. The smallest absolute Gasteiger partial charge is 0.481 e. The van der Waals surface area contributed by atoms with Gasteiger partial charge < -0.3 is 66.2 Å². The molecule has 0 saturated carbocycles. The number of thioether (sulfide) groups is 1. The molecular formula is C27H44N7O21P3S. The molecule has 3 heterocycles. The van der Waals surface area contributed by atoms with Gasteiger partial charge >= 0.3 is 35.4 Å². The van der Waals surface area contributed by atoms with Crippen molar-refractivity contribution in [3.05, 3.63) is 12.7 Å². The highest BCUT2D eigenvalue weighted by Gasteiger charge is 2.50. The first-order valence-electron chi connectivity index (χ1n) is 16.8. The average Bonchev–Trinajstić information content (AvgIpc) is 3.67. The Balaban J connectivity index is 1.45. The van der Waals surface area contributed by atoms with Gasteiger partial charge in [-0.15, -0.1) is 0 Å². The fraction of sp³-hybridized carbons (Fsp3) is 0.667. The van der Waals surface area contributed by atoms with E-state index in [4.69, 9.17) is 29.7 Å². The number of carboxylic acid groups (broad SMARTS) is 2. The highest BCUT2D eigenvalue weighted by Crippen LogP contribution is 2.61. The van der Waals surface area contributed by atoms with Crippen LogP contribution in [0.4, 0.5) is 5.82 Å². The number of phosphoric ester groups is 3. The summed E-state index contributed by atoms with van der Waals surface area (Å²) in [5.74, 6) is -4.44. The molecule has 0 spiro atoms. The second-order valence-electron chi connectivity index (χ2n) is 13.3. The molecule has 32 heteroatoms. The number of carboxylic acids is 2. The number of amides is 2. The lowest BCUT2D eigenvalue weighted by Crippen LogP contribution is -2.46. The average molecular weight is 928 g/mol. The Hall–Kier alpha value is -3.21. The van der Waals surface area contributed by atoms with Gasteiger partial charge in [0.05, 0.1) is 26.0 Å². The summed E-state index contributed by atoms with van der Waals surface area (Å²) in [4.78, 5) is 97.5. The lowest BCUT2D eigenvalue weighted by Gasteiger charge is -2.30. The second kappa shape index (κ2) is 20.6. The van der Waals surface area contributed by atoms with Gasteiger partial charge in [0.1, 0.15) is 36.3 Å². The van der Waals surface area contributed by atoms with Crippen molar-refractivity contribution in [2.75, 3.05) is 43.5 Å². The van der Waals surface area contributed by atoms with Crippen molar-refractivity contribution in [1.29, 1.82) is 0 Å². The molecule has 0 aliphatic carbocycles. The largest absolute Gasteiger partial charge is 0.481 e. The van der Waals surface area contributed by atoms with Gasteiger partial charge in [-0.3, -0.25) is 32.5 Å². The minimum Gasteiger partial charge on any atom is -0.481 e. The van der Waals surface area contributed by atoms with Gasteiger partial charge in [-0.05, 0) is 12.2 Å². The van der Waals surface area contributed by atoms with E-state index in [0.717, 1.165) is 29.0 Å². The Labute approximate surface area is 337 Å². The number of carbonyl (C=O) groups excluding carboxylic acids is 2. The number of fused-ring (bicyclic) bond motifs is 1. The van der Waals surface area contributed by atoms with E-state index in [1.807, 2.05) is 0 Å². The first-order valence-corrected chi connectivity index (χ1v) is 22.5. The standard InChI is InChI=1S/C27H44N7O21P3S/c1-26(2,20(39)23(40)30-5-3-15(35)29-6-8-59-7-4-27(43,25(41)42)9-16(36)37)11-52-58(49,50)55-57(47,48)51-10-14-19(54-56(44,45)46)18(38)24(53-14)34-13-33-17-21(28)31-12-32-22(17)34/h12-14,18-20,24,38-39,43H,3-11H2,1-2H3,(H,29,35)(H,30,40)(H,36,37)(H,41,42)(H,47,48)(H,49,50)(H2,28,31,32)(H2,44,45,46). The molecule has 0 bridgehead atoms. The molecule has 1 fully saturated rings. The molecule has 1 aliphatic heterocycles. The summed E-state index contributed by atoms with van der Waals surface area (Å²) in [6, 6.07) is 0. The topological polar surface area (TPSA) is 441 Å². The van der Waals surface area contributed by atoms with E-state index < -0.39 is 109 Å². The SMILES string of the molecule is CC(C)(COP(=O)(O)OP(=O)(O)OCC1OC(n2cnc3c(N)ncnc32)C(O)C1OP(=O)(O)O)C(O)C(=O)NCCC(=O)NCCSCCC(O)(CC(=O)O)C(=O)O. The molecule has 1 saturated heterocycles. The van der Waals surface area contributed by atoms with Gasteiger partial charge in [-0.25, -0.2) is 33.4 Å². The number of aliphatic hydroxyl groups is 3. The van der Waals surface area contributed by atoms with Crippen LogP contribution >= 0.6 is 35.2 Å². The van der Waals surface area contributed by atoms with E-state index in [1.165, 1.54) is 13.8 Å². The molecule has 0 radical (unpaired) electrons. The third-order valence-corrected chi connectivity index (χ3v) is 12.2. The zero-order chi connectivity index (χ0) is 44.6. The van der Waals surface area contributed by atoms with E-state index in [-0.39, 0.29) is 54.4 Å². The summed E-state index contributed by atoms with van der Waals surface area (Å²) < 4.78 is 62.0. The molecule has 2 aromatic rings. The summed E-state index contributed by atoms with van der Waals surface area (Å²) in [6.45, 7) is 0.151. The molecule has 8 unspecified atom stereocenters. The number of hydrogen-bond donors (Lipinski definition) is 12. The van der Waals surface area contributed by atoms with Crippen LogP contribution in [0, 0.1) is 5.41 Å². The van der Waals surface area contributed by atoms with Crippen LogP contribution in [0.2, 0.25) is 0 Å². The Morgan fingerprint density at radius 2 is 1.68 bits per heavy atom. The van der Waals surface area contributed by atoms with E-state index in [2.05, 4.69) is 34.4 Å². The van der Waals surface area contributed by atoms with Crippen LogP contribution < -0.4 is 16.4 Å². The first-order chi connectivity index (χ1) is 27.2. The van der Waals surface area contributed by atoms with Crippen LogP contribution in [0.3, 0.4) is 0 Å². The molecule has 0 aromatic carbocycles. The van der Waals surface area contributed by atoms with Gasteiger partial charge in [-0.2, -0.15) is 16.1 Å². The highest BCUT2D eigenvalue weighted by molar-refractivity contribution is 7.99. The number of carbonyl (C=O) groups is 4. The molecule has 28 nitrogen and oxygen atoms in total. The fourth-order valence-corrected chi connectivity index (χ4v) is 8.83. The zero-order valence-electron chi connectivity index (χ0n) is 30.9. The number of ether oxygens (including phenoxy) is 1. The third kappa shape index (κ3) is 15.0. The number of aliphatic carboxylic acids is 2. The quantitative estimate of drug-likeness (QED) is 0.0372. The summed E-state index contributed by atoms with van der Waals surface area (Å²) >= 11 is 1.14. The van der Waals surface area contributed by atoms with Crippen molar-refractivity contribution < 1.29 is 101 Å². The second-order valence-corrected chi connectivity index (χ2v) is 18.8. The van der Waals surface area contributed by atoms with Gasteiger partial charge in [-0.1, -0.05) is 13.8 Å². The van der Waals surface area contributed by atoms with Crippen LogP contribution in [0.1, 0.15) is 39.3 Å². The zero-order valence-corrected chi connectivity index (χ0v) is 34.4. The number of nitrogen functional groups attached to an aromatic ring is 1. The van der Waals surface area contributed by atoms with Crippen LogP contribution in [0.15, 0.2) is 12.7 Å². The number of imidazole rings is 1. The third-order valence-electron chi connectivity index (χ3n) is 8.15. The van der Waals surface area contributed by atoms with Crippen LogP contribution in [-0.4, -0.2) is 156 Å². The van der Waals surface area contributed by atoms with E-state index in [9.17, 15) is 67.8 Å². The number of rotatable bonds is 25. The van der Waals surface area contributed by atoms with E-state index >= 15 is 0 Å². The van der Waals surface area contributed by atoms with Gasteiger partial charge in [0.15, 0.2) is 23.3 Å².